The molecule has 3 atom stereocenters. The Morgan fingerprint density at radius 1 is 1.18 bits per heavy atom. The summed E-state index contributed by atoms with van der Waals surface area (Å²) < 4.78 is 12.2. The van der Waals surface area contributed by atoms with Crippen molar-refractivity contribution in [3.63, 3.8) is 0 Å². The molecule has 2 N–H and O–H groups in total. The zero-order valence-electron chi connectivity index (χ0n) is 14.0. The highest BCUT2D eigenvalue weighted by Gasteiger charge is 2.52. The summed E-state index contributed by atoms with van der Waals surface area (Å²) in [6.07, 6.45) is 4.82. The summed E-state index contributed by atoms with van der Waals surface area (Å²) >= 11 is 0. The lowest BCUT2D eigenvalue weighted by Gasteiger charge is -2.49. The number of fused-ring (bicyclic) bond motifs is 1. The quantitative estimate of drug-likeness (QED) is 0.776. The maximum atomic E-state index is 12.2. The maximum absolute atomic E-state index is 12.2. The third-order valence-electron chi connectivity index (χ3n) is 6.37. The summed E-state index contributed by atoms with van der Waals surface area (Å²) in [4.78, 5) is 33.4. The van der Waals surface area contributed by atoms with E-state index in [9.17, 15) is 19.1 Å². The lowest BCUT2D eigenvalue weighted by molar-refractivity contribution is -0.132. The van der Waals surface area contributed by atoms with E-state index < -0.39 is 12.8 Å². The number of amides is 1. The van der Waals surface area contributed by atoms with Gasteiger partial charge in [0.25, 0.3) is 0 Å². The van der Waals surface area contributed by atoms with Crippen molar-refractivity contribution in [3.8, 4) is 0 Å². The number of hydrogen-bond donors (Lipinski definition) is 2. The highest BCUT2D eigenvalue weighted by molar-refractivity contribution is 7.53. The minimum absolute atomic E-state index is 0.105. The van der Waals surface area contributed by atoms with Crippen LogP contribution >= 0.6 is 7.60 Å². The molecule has 5 nitrogen and oxygen atoms in total. The molecule has 1 aliphatic heterocycles. The third-order valence-corrected chi connectivity index (χ3v) is 8.53. The zero-order valence-corrected chi connectivity index (χ0v) is 14.9. The van der Waals surface area contributed by atoms with Crippen LogP contribution in [0.2, 0.25) is 0 Å². The van der Waals surface area contributed by atoms with Gasteiger partial charge in [-0.25, -0.2) is 0 Å². The second kappa shape index (κ2) is 6.62. The van der Waals surface area contributed by atoms with Gasteiger partial charge < -0.3 is 14.7 Å². The van der Waals surface area contributed by atoms with Crippen LogP contribution in [0.5, 0.6) is 0 Å². The van der Waals surface area contributed by atoms with E-state index in [-0.39, 0.29) is 11.8 Å². The number of likely N-dealkylation sites (tertiary alicyclic amines) is 1. The molecule has 0 aromatic rings. The Balaban J connectivity index is 2.12. The molecule has 2 aliphatic rings. The molecule has 3 unspecified atom stereocenters. The first-order valence-electron chi connectivity index (χ1n) is 8.56. The van der Waals surface area contributed by atoms with Crippen LogP contribution in [0.1, 0.15) is 59.3 Å². The summed E-state index contributed by atoms with van der Waals surface area (Å²) in [6.45, 7) is 7.07. The van der Waals surface area contributed by atoms with Crippen molar-refractivity contribution in [1.82, 2.24) is 4.90 Å². The average molecular weight is 331 g/mol. The Morgan fingerprint density at radius 2 is 1.82 bits per heavy atom. The van der Waals surface area contributed by atoms with Crippen LogP contribution < -0.4 is 0 Å². The molecule has 128 valence electrons. The van der Waals surface area contributed by atoms with E-state index >= 15 is 0 Å². The first kappa shape index (κ1) is 18.0. The fourth-order valence-corrected chi connectivity index (χ4v) is 6.40. The average Bonchev–Trinajstić information content (AvgIpc) is 2.46. The van der Waals surface area contributed by atoms with Crippen LogP contribution in [0, 0.1) is 17.8 Å². The van der Waals surface area contributed by atoms with Gasteiger partial charge in [0.1, 0.15) is 0 Å². The summed E-state index contributed by atoms with van der Waals surface area (Å²) in [5.74, 6) is 1.27. The fraction of sp³-hybridized carbons (Fsp3) is 0.938. The number of carbonyl (C=O) groups excluding carboxylic acids is 1. The fourth-order valence-electron chi connectivity index (χ4n) is 4.87. The highest BCUT2D eigenvalue weighted by atomic mass is 31.2. The van der Waals surface area contributed by atoms with E-state index in [0.717, 1.165) is 38.8 Å². The standard InChI is InChI=1S/C16H30NO4P/c1-4-16(5-2,22(19,20)21)15-7-6-14-11-17(12(3)18)9-8-13(14)10-15/h13-15H,4-11H2,1-3H3,(H2,19,20,21). The van der Waals surface area contributed by atoms with Gasteiger partial charge in [-0.1, -0.05) is 13.8 Å². The van der Waals surface area contributed by atoms with Gasteiger partial charge in [-0.05, 0) is 56.3 Å². The maximum Gasteiger partial charge on any atom is 0.331 e. The molecule has 1 aliphatic carbocycles. The van der Waals surface area contributed by atoms with E-state index in [4.69, 9.17) is 0 Å². The first-order valence-corrected chi connectivity index (χ1v) is 10.2. The molecule has 0 radical (unpaired) electrons. The van der Waals surface area contributed by atoms with Crippen LogP contribution in [-0.2, 0) is 9.36 Å². The molecule has 22 heavy (non-hydrogen) atoms. The zero-order chi connectivity index (χ0) is 16.5. The minimum Gasteiger partial charge on any atom is -0.343 e. The van der Waals surface area contributed by atoms with Gasteiger partial charge in [0.15, 0.2) is 0 Å². The second-order valence-electron chi connectivity index (χ2n) is 7.14. The molecular weight excluding hydrogens is 301 g/mol. The number of piperidine rings is 1. The molecule has 0 spiro atoms. The molecule has 1 saturated heterocycles. The lowest BCUT2D eigenvalue weighted by Crippen LogP contribution is -2.48. The lowest BCUT2D eigenvalue weighted by atomic mass is 9.66. The van der Waals surface area contributed by atoms with Gasteiger partial charge in [-0.3, -0.25) is 9.36 Å². The van der Waals surface area contributed by atoms with E-state index in [1.54, 1.807) is 6.92 Å². The first-order chi connectivity index (χ1) is 10.2. The van der Waals surface area contributed by atoms with Crippen LogP contribution in [0.15, 0.2) is 0 Å². The predicted octanol–water partition coefficient (Wildman–Crippen LogP) is 3.01. The molecule has 1 saturated carbocycles. The Labute approximate surface area is 133 Å². The van der Waals surface area contributed by atoms with E-state index in [1.807, 2.05) is 18.7 Å². The van der Waals surface area contributed by atoms with Gasteiger partial charge in [0.2, 0.25) is 5.91 Å². The number of carbonyl (C=O) groups is 1. The SMILES string of the molecule is CCC(CC)(C1CCC2CN(C(C)=O)CCC2C1)P(=O)(O)O. The monoisotopic (exact) mass is 331 g/mol. The Morgan fingerprint density at radius 3 is 2.32 bits per heavy atom. The molecule has 1 amide bonds. The molecule has 2 rings (SSSR count). The Kier molecular flexibility index (Phi) is 5.41. The van der Waals surface area contributed by atoms with Gasteiger partial charge >= 0.3 is 7.60 Å². The smallest absolute Gasteiger partial charge is 0.331 e. The van der Waals surface area contributed by atoms with Gasteiger partial charge in [0.05, 0.1) is 5.16 Å². The van der Waals surface area contributed by atoms with Crippen LogP contribution in [0.4, 0.5) is 0 Å². The number of hydrogen-bond acceptors (Lipinski definition) is 2. The van der Waals surface area contributed by atoms with Crippen molar-refractivity contribution in [2.45, 2.75) is 64.5 Å². The predicted molar refractivity (Wildman–Crippen MR) is 86.5 cm³/mol. The van der Waals surface area contributed by atoms with E-state index in [0.29, 0.717) is 24.7 Å². The molecule has 2 fully saturated rings. The molecule has 0 aromatic carbocycles. The minimum atomic E-state index is -4.11. The Hall–Kier alpha value is -0.380. The normalized spacial score (nSPS) is 30.0. The van der Waals surface area contributed by atoms with Crippen molar-refractivity contribution < 1.29 is 19.1 Å². The molecule has 6 heteroatoms. The summed E-state index contributed by atoms with van der Waals surface area (Å²) in [5.41, 5.74) is 0. The largest absolute Gasteiger partial charge is 0.343 e. The highest BCUT2D eigenvalue weighted by Crippen LogP contribution is 2.62. The second-order valence-corrected chi connectivity index (χ2v) is 9.12. The van der Waals surface area contributed by atoms with E-state index in [1.165, 1.54) is 0 Å². The van der Waals surface area contributed by atoms with Gasteiger partial charge in [0, 0.05) is 20.0 Å². The summed E-state index contributed by atoms with van der Waals surface area (Å²) in [7, 11) is -4.11. The van der Waals surface area contributed by atoms with Crippen LogP contribution in [0.25, 0.3) is 0 Å². The van der Waals surface area contributed by atoms with Gasteiger partial charge in [-0.2, -0.15) is 0 Å². The number of nitrogens with zero attached hydrogens (tertiary/aromatic N) is 1. The molecule has 1 heterocycles. The van der Waals surface area contributed by atoms with Gasteiger partial charge in [-0.15, -0.1) is 0 Å². The number of rotatable bonds is 4. The summed E-state index contributed by atoms with van der Waals surface area (Å²) in [5, 5.41) is -0.852. The van der Waals surface area contributed by atoms with Crippen LogP contribution in [0.3, 0.4) is 0 Å². The van der Waals surface area contributed by atoms with E-state index in [2.05, 4.69) is 0 Å². The Bertz CT molecular complexity index is 457. The molecule has 0 aromatic heterocycles. The van der Waals surface area contributed by atoms with Crippen LogP contribution in [-0.4, -0.2) is 38.8 Å². The van der Waals surface area contributed by atoms with Crippen molar-refractivity contribution in [3.05, 3.63) is 0 Å². The topological polar surface area (TPSA) is 77.8 Å². The van der Waals surface area contributed by atoms with Crippen molar-refractivity contribution in [1.29, 1.82) is 0 Å². The molecule has 0 bridgehead atoms. The summed E-state index contributed by atoms with van der Waals surface area (Å²) in [6, 6.07) is 0. The van der Waals surface area contributed by atoms with Crippen molar-refractivity contribution in [2.24, 2.45) is 17.8 Å². The van der Waals surface area contributed by atoms with Crippen molar-refractivity contribution in [2.75, 3.05) is 13.1 Å². The third kappa shape index (κ3) is 3.13. The molecular formula is C16H30NO4P. The van der Waals surface area contributed by atoms with Crippen molar-refractivity contribution >= 4 is 13.5 Å².